The third kappa shape index (κ3) is 4.59. The molecule has 1 amide bonds. The summed E-state index contributed by atoms with van der Waals surface area (Å²) in [4.78, 5) is 28.0. The van der Waals surface area contributed by atoms with Gasteiger partial charge in [-0.15, -0.1) is 0 Å². The number of pyridine rings is 1. The van der Waals surface area contributed by atoms with Gasteiger partial charge in [-0.3, -0.25) is 4.79 Å². The highest BCUT2D eigenvalue weighted by molar-refractivity contribution is 5.92. The number of aromatic nitrogens is 1. The summed E-state index contributed by atoms with van der Waals surface area (Å²) in [5, 5.41) is 6.10. The predicted octanol–water partition coefficient (Wildman–Crippen LogP) is 4.13. The summed E-state index contributed by atoms with van der Waals surface area (Å²) in [5.74, 6) is 0.500. The minimum Gasteiger partial charge on any atom is -0.465 e. The van der Waals surface area contributed by atoms with Crippen LogP contribution in [-0.2, 0) is 9.53 Å². The van der Waals surface area contributed by atoms with Gasteiger partial charge >= 0.3 is 5.97 Å². The minimum absolute atomic E-state index is 0.0885. The van der Waals surface area contributed by atoms with Crippen LogP contribution in [0.15, 0.2) is 42.6 Å². The third-order valence-electron chi connectivity index (χ3n) is 4.59. The average Bonchev–Trinajstić information content (AvgIpc) is 2.70. The Kier molecular flexibility index (Phi) is 5.84. The van der Waals surface area contributed by atoms with Gasteiger partial charge in [-0.1, -0.05) is 19.3 Å². The van der Waals surface area contributed by atoms with E-state index in [4.69, 9.17) is 0 Å². The lowest BCUT2D eigenvalue weighted by Crippen LogP contribution is -2.24. The van der Waals surface area contributed by atoms with Gasteiger partial charge < -0.3 is 15.4 Å². The third-order valence-corrected chi connectivity index (χ3v) is 4.59. The number of anilines is 3. The molecule has 0 bridgehead atoms. The van der Waals surface area contributed by atoms with E-state index < -0.39 is 0 Å². The van der Waals surface area contributed by atoms with Crippen molar-refractivity contribution in [2.24, 2.45) is 5.92 Å². The quantitative estimate of drug-likeness (QED) is 0.790. The fraction of sp³-hybridized carbons (Fsp3) is 0.350. The van der Waals surface area contributed by atoms with E-state index >= 15 is 0 Å². The van der Waals surface area contributed by atoms with Crippen molar-refractivity contribution in [1.29, 1.82) is 0 Å². The molecule has 2 N–H and O–H groups in total. The molecule has 0 atom stereocenters. The average molecular weight is 353 g/mol. The number of hydrogen-bond donors (Lipinski definition) is 2. The van der Waals surface area contributed by atoms with Crippen molar-refractivity contribution in [1.82, 2.24) is 4.98 Å². The first-order chi connectivity index (χ1) is 12.7. The maximum Gasteiger partial charge on any atom is 0.337 e. The molecule has 26 heavy (non-hydrogen) atoms. The molecule has 1 aliphatic rings. The molecule has 0 aliphatic heterocycles. The van der Waals surface area contributed by atoms with Crippen molar-refractivity contribution in [3.8, 4) is 0 Å². The predicted molar refractivity (Wildman–Crippen MR) is 101 cm³/mol. The standard InChI is InChI=1S/C20H23N3O3/c1-26-20(25)15-7-9-16(10-8-15)22-18-12-11-17(13-21-18)23-19(24)14-5-3-2-4-6-14/h7-14H,2-6H2,1H3,(H,21,22)(H,23,24). The van der Waals surface area contributed by atoms with Gasteiger partial charge in [0.25, 0.3) is 0 Å². The Morgan fingerprint density at radius 1 is 1.00 bits per heavy atom. The number of methoxy groups -OCH3 is 1. The first-order valence-corrected chi connectivity index (χ1v) is 8.88. The zero-order valence-corrected chi connectivity index (χ0v) is 14.8. The van der Waals surface area contributed by atoms with Crippen LogP contribution in [0, 0.1) is 5.92 Å². The summed E-state index contributed by atoms with van der Waals surface area (Å²) in [6.45, 7) is 0. The van der Waals surface area contributed by atoms with Crippen LogP contribution in [0.5, 0.6) is 0 Å². The molecule has 1 aromatic carbocycles. The highest BCUT2D eigenvalue weighted by Gasteiger charge is 2.21. The molecular weight excluding hydrogens is 330 g/mol. The Hall–Kier alpha value is -2.89. The number of carbonyl (C=O) groups is 2. The van der Waals surface area contributed by atoms with Crippen molar-refractivity contribution in [3.05, 3.63) is 48.2 Å². The van der Waals surface area contributed by atoms with Crippen molar-refractivity contribution in [3.63, 3.8) is 0 Å². The van der Waals surface area contributed by atoms with Gasteiger partial charge in [0.05, 0.1) is 24.6 Å². The number of esters is 1. The molecule has 0 unspecified atom stereocenters. The van der Waals surface area contributed by atoms with Gasteiger partial charge in [0.2, 0.25) is 5.91 Å². The van der Waals surface area contributed by atoms with Crippen LogP contribution in [0.1, 0.15) is 42.5 Å². The van der Waals surface area contributed by atoms with Crippen LogP contribution >= 0.6 is 0 Å². The Bertz CT molecular complexity index is 751. The van der Waals surface area contributed by atoms with Crippen LogP contribution in [-0.4, -0.2) is 24.0 Å². The van der Waals surface area contributed by atoms with E-state index in [1.807, 2.05) is 12.1 Å². The molecule has 0 radical (unpaired) electrons. The smallest absolute Gasteiger partial charge is 0.337 e. The number of ether oxygens (including phenoxy) is 1. The molecule has 6 nitrogen and oxygen atoms in total. The van der Waals surface area contributed by atoms with E-state index in [2.05, 4.69) is 20.4 Å². The van der Waals surface area contributed by atoms with Crippen LogP contribution in [0.4, 0.5) is 17.2 Å². The van der Waals surface area contributed by atoms with Crippen LogP contribution in [0.2, 0.25) is 0 Å². The summed E-state index contributed by atoms with van der Waals surface area (Å²) in [6.07, 6.45) is 7.08. The van der Waals surface area contributed by atoms with Crippen LogP contribution in [0.3, 0.4) is 0 Å². The lowest BCUT2D eigenvalue weighted by atomic mass is 9.88. The number of rotatable bonds is 5. The molecule has 1 saturated carbocycles. The van der Waals surface area contributed by atoms with E-state index in [-0.39, 0.29) is 17.8 Å². The number of amides is 1. The van der Waals surface area contributed by atoms with E-state index in [1.54, 1.807) is 30.5 Å². The van der Waals surface area contributed by atoms with Crippen LogP contribution in [0.25, 0.3) is 0 Å². The second-order valence-electron chi connectivity index (χ2n) is 6.45. The molecule has 0 spiro atoms. The maximum atomic E-state index is 12.3. The highest BCUT2D eigenvalue weighted by Crippen LogP contribution is 2.25. The molecular formula is C20H23N3O3. The summed E-state index contributed by atoms with van der Waals surface area (Å²) in [6, 6.07) is 10.6. The van der Waals surface area contributed by atoms with Crippen molar-refractivity contribution < 1.29 is 14.3 Å². The first-order valence-electron chi connectivity index (χ1n) is 8.88. The summed E-state index contributed by atoms with van der Waals surface area (Å²) in [7, 11) is 1.35. The molecule has 1 aliphatic carbocycles. The fourth-order valence-corrected chi connectivity index (χ4v) is 3.11. The molecule has 1 aromatic heterocycles. The molecule has 2 aromatic rings. The van der Waals surface area contributed by atoms with Gasteiger partial charge in [-0.25, -0.2) is 9.78 Å². The van der Waals surface area contributed by atoms with Crippen molar-refractivity contribution in [2.75, 3.05) is 17.7 Å². The molecule has 136 valence electrons. The summed E-state index contributed by atoms with van der Waals surface area (Å²) < 4.78 is 4.68. The number of hydrogen-bond acceptors (Lipinski definition) is 5. The van der Waals surface area contributed by atoms with E-state index in [0.29, 0.717) is 17.1 Å². The zero-order chi connectivity index (χ0) is 18.4. The molecule has 1 fully saturated rings. The van der Waals surface area contributed by atoms with Gasteiger partial charge in [0.15, 0.2) is 0 Å². The highest BCUT2D eigenvalue weighted by atomic mass is 16.5. The lowest BCUT2D eigenvalue weighted by Gasteiger charge is -2.20. The lowest BCUT2D eigenvalue weighted by molar-refractivity contribution is -0.120. The number of nitrogens with one attached hydrogen (secondary N) is 2. The molecule has 0 saturated heterocycles. The fourth-order valence-electron chi connectivity index (χ4n) is 3.11. The van der Waals surface area contributed by atoms with Gasteiger partial charge in [-0.05, 0) is 49.2 Å². The van der Waals surface area contributed by atoms with Gasteiger partial charge in [0.1, 0.15) is 5.82 Å². The molecule has 1 heterocycles. The summed E-state index contributed by atoms with van der Waals surface area (Å²) in [5.41, 5.74) is 2.00. The van der Waals surface area contributed by atoms with Crippen molar-refractivity contribution in [2.45, 2.75) is 32.1 Å². The largest absolute Gasteiger partial charge is 0.465 e. The molecule has 6 heteroatoms. The Morgan fingerprint density at radius 3 is 2.31 bits per heavy atom. The van der Waals surface area contributed by atoms with E-state index in [1.165, 1.54) is 13.5 Å². The number of benzene rings is 1. The minimum atomic E-state index is -0.368. The number of carbonyl (C=O) groups excluding carboxylic acids is 2. The van der Waals surface area contributed by atoms with Crippen LogP contribution < -0.4 is 10.6 Å². The topological polar surface area (TPSA) is 80.3 Å². The summed E-state index contributed by atoms with van der Waals surface area (Å²) >= 11 is 0. The van der Waals surface area contributed by atoms with Crippen molar-refractivity contribution >= 4 is 29.1 Å². The Balaban J connectivity index is 1.57. The van der Waals surface area contributed by atoms with E-state index in [9.17, 15) is 9.59 Å². The van der Waals surface area contributed by atoms with Gasteiger partial charge in [-0.2, -0.15) is 0 Å². The number of nitrogens with zero attached hydrogens (tertiary/aromatic N) is 1. The maximum absolute atomic E-state index is 12.3. The second-order valence-corrected chi connectivity index (χ2v) is 6.45. The second kappa shape index (κ2) is 8.47. The SMILES string of the molecule is COC(=O)c1ccc(Nc2ccc(NC(=O)C3CCCCC3)cn2)cc1. The Morgan fingerprint density at radius 2 is 1.69 bits per heavy atom. The first kappa shape index (κ1) is 17.9. The Labute approximate surface area is 153 Å². The normalized spacial score (nSPS) is 14.5. The molecule has 3 rings (SSSR count). The monoisotopic (exact) mass is 353 g/mol. The van der Waals surface area contributed by atoms with Gasteiger partial charge in [0, 0.05) is 11.6 Å². The zero-order valence-electron chi connectivity index (χ0n) is 14.8. The van der Waals surface area contributed by atoms with E-state index in [0.717, 1.165) is 31.4 Å².